The van der Waals surface area contributed by atoms with Crippen LogP contribution in [0.2, 0.25) is 0 Å². The van der Waals surface area contributed by atoms with Crippen LogP contribution in [0, 0.1) is 19.8 Å². The number of urea groups is 1. The number of benzene rings is 2. The fourth-order valence-electron chi connectivity index (χ4n) is 4.50. The maximum absolute atomic E-state index is 12.8. The van der Waals surface area contributed by atoms with Gasteiger partial charge in [-0.2, -0.15) is 0 Å². The molecule has 1 N–H and O–H groups in total. The summed E-state index contributed by atoms with van der Waals surface area (Å²) < 4.78 is 0. The zero-order chi connectivity index (χ0) is 21.1. The Bertz CT molecular complexity index is 904. The van der Waals surface area contributed by atoms with E-state index in [-0.39, 0.29) is 18.0 Å². The van der Waals surface area contributed by atoms with Crippen molar-refractivity contribution in [3.63, 3.8) is 0 Å². The first kappa shape index (κ1) is 20.5. The zero-order valence-corrected chi connectivity index (χ0v) is 17.9. The van der Waals surface area contributed by atoms with Crippen LogP contribution in [0.25, 0.3) is 0 Å². The molecule has 0 aliphatic carbocycles. The van der Waals surface area contributed by atoms with Crippen LogP contribution in [0.3, 0.4) is 0 Å². The van der Waals surface area contributed by atoms with E-state index in [2.05, 4.69) is 49.5 Å². The molecule has 2 heterocycles. The van der Waals surface area contributed by atoms with E-state index >= 15 is 0 Å². The Balaban J connectivity index is 1.27. The fourth-order valence-corrected chi connectivity index (χ4v) is 4.50. The van der Waals surface area contributed by atoms with Gasteiger partial charge in [0.05, 0.1) is 6.04 Å². The van der Waals surface area contributed by atoms with Crippen molar-refractivity contribution in [1.29, 1.82) is 0 Å². The van der Waals surface area contributed by atoms with Gasteiger partial charge in [-0.25, -0.2) is 4.79 Å². The maximum atomic E-state index is 12.8. The number of amides is 3. The monoisotopic (exact) mass is 405 g/mol. The van der Waals surface area contributed by atoms with Crippen molar-refractivity contribution in [3.8, 4) is 0 Å². The number of carbonyl (C=O) groups is 2. The van der Waals surface area contributed by atoms with Crippen molar-refractivity contribution in [2.24, 2.45) is 5.92 Å². The Morgan fingerprint density at radius 1 is 1.03 bits per heavy atom. The van der Waals surface area contributed by atoms with E-state index in [9.17, 15) is 9.59 Å². The van der Waals surface area contributed by atoms with E-state index in [0.717, 1.165) is 38.0 Å². The molecule has 5 heteroatoms. The van der Waals surface area contributed by atoms with E-state index in [1.54, 1.807) is 4.90 Å². The summed E-state index contributed by atoms with van der Waals surface area (Å²) in [7, 11) is 0. The van der Waals surface area contributed by atoms with Crippen LogP contribution in [0.1, 0.15) is 36.0 Å². The summed E-state index contributed by atoms with van der Waals surface area (Å²) in [6.07, 6.45) is 3.50. The summed E-state index contributed by atoms with van der Waals surface area (Å²) in [4.78, 5) is 29.0. The SMILES string of the molecule is Cc1ccc(N2C[C@@H](NC(=O)N3CCC(Cc4ccccc4)CC3)CC2=O)cc1C. The molecule has 2 aromatic rings. The zero-order valence-electron chi connectivity index (χ0n) is 17.9. The second-order valence-electron chi connectivity index (χ2n) is 8.74. The van der Waals surface area contributed by atoms with E-state index in [4.69, 9.17) is 0 Å². The van der Waals surface area contributed by atoms with Crippen molar-refractivity contribution in [2.45, 2.75) is 45.6 Å². The van der Waals surface area contributed by atoms with Crippen molar-refractivity contribution >= 4 is 17.6 Å². The molecule has 1 atom stereocenters. The largest absolute Gasteiger partial charge is 0.333 e. The highest BCUT2D eigenvalue weighted by atomic mass is 16.2. The van der Waals surface area contributed by atoms with Gasteiger partial charge in [0.25, 0.3) is 0 Å². The molecule has 5 nitrogen and oxygen atoms in total. The molecule has 3 amide bonds. The molecule has 158 valence electrons. The maximum Gasteiger partial charge on any atom is 0.317 e. The summed E-state index contributed by atoms with van der Waals surface area (Å²) in [5.41, 5.74) is 4.68. The highest BCUT2D eigenvalue weighted by molar-refractivity contribution is 5.97. The second-order valence-corrected chi connectivity index (χ2v) is 8.74. The van der Waals surface area contributed by atoms with Gasteiger partial charge in [-0.1, -0.05) is 36.4 Å². The normalized spacial score (nSPS) is 19.9. The number of piperidine rings is 1. The molecule has 2 aromatic carbocycles. The lowest BCUT2D eigenvalue weighted by molar-refractivity contribution is -0.117. The van der Waals surface area contributed by atoms with Gasteiger partial charge in [0.2, 0.25) is 5.91 Å². The Hall–Kier alpha value is -2.82. The molecule has 2 aliphatic rings. The number of aryl methyl sites for hydroxylation is 2. The van der Waals surface area contributed by atoms with Gasteiger partial charge in [0.1, 0.15) is 0 Å². The molecule has 0 saturated carbocycles. The minimum atomic E-state index is -0.131. The van der Waals surface area contributed by atoms with Crippen molar-refractivity contribution in [1.82, 2.24) is 10.2 Å². The predicted molar refractivity (Wildman–Crippen MR) is 120 cm³/mol. The van der Waals surface area contributed by atoms with Crippen LogP contribution in [-0.4, -0.2) is 42.5 Å². The van der Waals surface area contributed by atoms with Gasteiger partial charge in [-0.3, -0.25) is 4.79 Å². The Labute approximate surface area is 179 Å². The first-order chi connectivity index (χ1) is 14.5. The predicted octanol–water partition coefficient (Wildman–Crippen LogP) is 4.07. The summed E-state index contributed by atoms with van der Waals surface area (Å²) in [5.74, 6) is 0.704. The molecule has 0 spiro atoms. The number of nitrogens with one attached hydrogen (secondary N) is 1. The number of anilines is 1. The standard InChI is InChI=1S/C25H31N3O2/c1-18-8-9-23(14-19(18)2)28-17-22(16-24(28)29)26-25(30)27-12-10-21(11-13-27)15-20-6-4-3-5-7-20/h3-9,14,21-22H,10-13,15-17H2,1-2H3,(H,26,30)/t22-/m0/s1. The topological polar surface area (TPSA) is 52.7 Å². The Morgan fingerprint density at radius 3 is 2.47 bits per heavy atom. The number of hydrogen-bond donors (Lipinski definition) is 1. The lowest BCUT2D eigenvalue weighted by Crippen LogP contribution is -2.48. The van der Waals surface area contributed by atoms with Crippen LogP contribution in [0.15, 0.2) is 48.5 Å². The van der Waals surface area contributed by atoms with Gasteiger partial charge in [0, 0.05) is 31.7 Å². The second kappa shape index (κ2) is 8.90. The molecule has 0 aromatic heterocycles. The Kier molecular flexibility index (Phi) is 6.07. The molecule has 2 fully saturated rings. The van der Waals surface area contributed by atoms with Crippen LogP contribution >= 0.6 is 0 Å². The first-order valence-corrected chi connectivity index (χ1v) is 11.0. The number of carbonyl (C=O) groups excluding carboxylic acids is 2. The van der Waals surface area contributed by atoms with E-state index in [1.165, 1.54) is 16.7 Å². The van der Waals surface area contributed by atoms with Crippen LogP contribution in [-0.2, 0) is 11.2 Å². The number of rotatable bonds is 4. The molecule has 2 saturated heterocycles. The van der Waals surface area contributed by atoms with Crippen LogP contribution in [0.4, 0.5) is 10.5 Å². The summed E-state index contributed by atoms with van der Waals surface area (Å²) in [6, 6.07) is 16.5. The third-order valence-corrected chi connectivity index (χ3v) is 6.52. The summed E-state index contributed by atoms with van der Waals surface area (Å²) >= 11 is 0. The molecule has 0 unspecified atom stereocenters. The molecular weight excluding hydrogens is 374 g/mol. The van der Waals surface area contributed by atoms with E-state index in [1.807, 2.05) is 23.1 Å². The number of hydrogen-bond acceptors (Lipinski definition) is 2. The molecule has 30 heavy (non-hydrogen) atoms. The summed E-state index contributed by atoms with van der Waals surface area (Å²) in [6.45, 7) is 6.23. The summed E-state index contributed by atoms with van der Waals surface area (Å²) in [5, 5.41) is 3.09. The number of likely N-dealkylation sites (tertiary alicyclic amines) is 1. The Morgan fingerprint density at radius 2 is 1.77 bits per heavy atom. The smallest absolute Gasteiger partial charge is 0.317 e. The quantitative estimate of drug-likeness (QED) is 0.834. The molecule has 0 bridgehead atoms. The van der Waals surface area contributed by atoms with Gasteiger partial charge in [0.15, 0.2) is 0 Å². The molecule has 4 rings (SSSR count). The average molecular weight is 406 g/mol. The lowest BCUT2D eigenvalue weighted by atomic mass is 9.90. The third kappa shape index (κ3) is 4.66. The lowest BCUT2D eigenvalue weighted by Gasteiger charge is -2.33. The molecule has 2 aliphatic heterocycles. The minimum Gasteiger partial charge on any atom is -0.333 e. The fraction of sp³-hybridized carbons (Fsp3) is 0.440. The van der Waals surface area contributed by atoms with Crippen molar-refractivity contribution in [2.75, 3.05) is 24.5 Å². The first-order valence-electron chi connectivity index (χ1n) is 11.0. The van der Waals surface area contributed by atoms with Gasteiger partial charge in [-0.05, 0) is 67.9 Å². The van der Waals surface area contributed by atoms with E-state index < -0.39 is 0 Å². The highest BCUT2D eigenvalue weighted by Gasteiger charge is 2.33. The van der Waals surface area contributed by atoms with Crippen LogP contribution < -0.4 is 10.2 Å². The number of nitrogens with zero attached hydrogens (tertiary/aromatic N) is 2. The third-order valence-electron chi connectivity index (χ3n) is 6.52. The van der Waals surface area contributed by atoms with Crippen molar-refractivity contribution < 1.29 is 9.59 Å². The van der Waals surface area contributed by atoms with Gasteiger partial charge >= 0.3 is 6.03 Å². The van der Waals surface area contributed by atoms with E-state index in [0.29, 0.717) is 18.9 Å². The minimum absolute atomic E-state index is 0.0344. The van der Waals surface area contributed by atoms with Gasteiger partial charge in [-0.15, -0.1) is 0 Å². The average Bonchev–Trinajstić information content (AvgIpc) is 3.11. The molecule has 0 radical (unpaired) electrons. The van der Waals surface area contributed by atoms with Crippen molar-refractivity contribution in [3.05, 3.63) is 65.2 Å². The van der Waals surface area contributed by atoms with Crippen LogP contribution in [0.5, 0.6) is 0 Å². The van der Waals surface area contributed by atoms with Gasteiger partial charge < -0.3 is 15.1 Å². The molecular formula is C25H31N3O2. The highest BCUT2D eigenvalue weighted by Crippen LogP contribution is 2.25.